The highest BCUT2D eigenvalue weighted by molar-refractivity contribution is 7.98. The van der Waals surface area contributed by atoms with E-state index in [4.69, 9.17) is 4.74 Å². The lowest BCUT2D eigenvalue weighted by molar-refractivity contribution is 0.320. The monoisotopic (exact) mass is 309 g/mol. The number of guanidine groups is 1. The second-order valence-corrected chi connectivity index (χ2v) is 5.73. The summed E-state index contributed by atoms with van der Waals surface area (Å²) < 4.78 is 5.74. The second-order valence-electron chi connectivity index (χ2n) is 4.74. The van der Waals surface area contributed by atoms with Crippen LogP contribution in [0.3, 0.4) is 0 Å². The van der Waals surface area contributed by atoms with Crippen LogP contribution < -0.4 is 15.4 Å². The zero-order valence-electron chi connectivity index (χ0n) is 13.3. The van der Waals surface area contributed by atoms with E-state index in [0.29, 0.717) is 6.61 Å². The first-order valence-corrected chi connectivity index (χ1v) is 8.79. The van der Waals surface area contributed by atoms with E-state index in [1.807, 2.05) is 30.0 Å². The smallest absolute Gasteiger partial charge is 0.191 e. The number of para-hydroxylation sites is 1. The van der Waals surface area contributed by atoms with Crippen molar-refractivity contribution in [2.24, 2.45) is 4.99 Å². The first kappa shape index (κ1) is 17.7. The highest BCUT2D eigenvalue weighted by Crippen LogP contribution is 2.15. The standard InChI is InChI=1S/C16H27N3OS/c1-14-8-4-5-9-15(14)20-12-11-19-16(17-2)18-10-6-7-13-21-3/h4-5,8-9H,6-7,10-13H2,1-3H3,(H2,17,18,19). The molecule has 0 saturated heterocycles. The Balaban J connectivity index is 2.14. The number of thioether (sulfide) groups is 1. The molecule has 4 nitrogen and oxygen atoms in total. The van der Waals surface area contributed by atoms with Crippen LogP contribution in [0, 0.1) is 6.92 Å². The van der Waals surface area contributed by atoms with E-state index < -0.39 is 0 Å². The molecule has 118 valence electrons. The molecule has 0 aliphatic heterocycles. The minimum Gasteiger partial charge on any atom is -0.491 e. The lowest BCUT2D eigenvalue weighted by Gasteiger charge is -2.13. The number of aliphatic imine (C=N–C) groups is 1. The Kier molecular flexibility index (Phi) is 9.53. The van der Waals surface area contributed by atoms with Gasteiger partial charge >= 0.3 is 0 Å². The summed E-state index contributed by atoms with van der Waals surface area (Å²) in [4.78, 5) is 4.20. The highest BCUT2D eigenvalue weighted by Gasteiger charge is 1.99. The summed E-state index contributed by atoms with van der Waals surface area (Å²) in [5.74, 6) is 3.00. The molecule has 1 aromatic rings. The minimum absolute atomic E-state index is 0.623. The zero-order valence-corrected chi connectivity index (χ0v) is 14.1. The normalized spacial score (nSPS) is 11.3. The first-order chi connectivity index (χ1) is 10.3. The van der Waals surface area contributed by atoms with E-state index in [9.17, 15) is 0 Å². The van der Waals surface area contributed by atoms with Crippen LogP contribution in [0.1, 0.15) is 18.4 Å². The van der Waals surface area contributed by atoms with Gasteiger partial charge in [-0.15, -0.1) is 0 Å². The minimum atomic E-state index is 0.623. The third-order valence-electron chi connectivity index (χ3n) is 3.04. The Morgan fingerprint density at radius 3 is 2.67 bits per heavy atom. The first-order valence-electron chi connectivity index (χ1n) is 7.40. The van der Waals surface area contributed by atoms with Gasteiger partial charge in [0.2, 0.25) is 0 Å². The molecule has 0 amide bonds. The van der Waals surface area contributed by atoms with Crippen LogP contribution in [0.5, 0.6) is 5.75 Å². The Morgan fingerprint density at radius 2 is 1.95 bits per heavy atom. The summed E-state index contributed by atoms with van der Waals surface area (Å²) in [6.07, 6.45) is 4.55. The second kappa shape index (κ2) is 11.3. The molecule has 0 fully saturated rings. The van der Waals surface area contributed by atoms with Crippen molar-refractivity contribution < 1.29 is 4.74 Å². The molecule has 1 rings (SSSR count). The van der Waals surface area contributed by atoms with Gasteiger partial charge in [0.1, 0.15) is 12.4 Å². The maximum Gasteiger partial charge on any atom is 0.191 e. The average molecular weight is 309 g/mol. The number of hydrogen-bond donors (Lipinski definition) is 2. The van der Waals surface area contributed by atoms with E-state index in [1.165, 1.54) is 18.6 Å². The number of benzene rings is 1. The summed E-state index contributed by atoms with van der Waals surface area (Å²) >= 11 is 1.89. The molecule has 21 heavy (non-hydrogen) atoms. The molecule has 0 aromatic heterocycles. The molecular weight excluding hydrogens is 282 g/mol. The Morgan fingerprint density at radius 1 is 1.19 bits per heavy atom. The number of aryl methyl sites for hydroxylation is 1. The highest BCUT2D eigenvalue weighted by atomic mass is 32.2. The molecule has 0 spiro atoms. The van der Waals surface area contributed by atoms with Crippen LogP contribution in [-0.4, -0.2) is 44.7 Å². The number of ether oxygens (including phenoxy) is 1. The van der Waals surface area contributed by atoms with Gasteiger partial charge in [0.25, 0.3) is 0 Å². The van der Waals surface area contributed by atoms with Crippen LogP contribution in [-0.2, 0) is 0 Å². The van der Waals surface area contributed by atoms with Gasteiger partial charge in [0.15, 0.2) is 5.96 Å². The van der Waals surface area contributed by atoms with Crippen LogP contribution >= 0.6 is 11.8 Å². The fourth-order valence-corrected chi connectivity index (χ4v) is 2.34. The van der Waals surface area contributed by atoms with Gasteiger partial charge in [0, 0.05) is 13.6 Å². The lowest BCUT2D eigenvalue weighted by atomic mass is 10.2. The van der Waals surface area contributed by atoms with Crippen molar-refractivity contribution in [2.45, 2.75) is 19.8 Å². The molecule has 0 bridgehead atoms. The van der Waals surface area contributed by atoms with E-state index in [2.05, 4.69) is 34.9 Å². The van der Waals surface area contributed by atoms with Crippen LogP contribution in [0.25, 0.3) is 0 Å². The van der Waals surface area contributed by atoms with Crippen molar-refractivity contribution in [3.05, 3.63) is 29.8 Å². The quantitative estimate of drug-likeness (QED) is 0.418. The molecule has 0 unspecified atom stereocenters. The lowest BCUT2D eigenvalue weighted by Crippen LogP contribution is -2.39. The average Bonchev–Trinajstić information content (AvgIpc) is 2.50. The Hall–Kier alpha value is -1.36. The molecular formula is C16H27N3OS. The third kappa shape index (κ3) is 7.85. The summed E-state index contributed by atoms with van der Waals surface area (Å²) in [7, 11) is 1.79. The van der Waals surface area contributed by atoms with Crippen LogP contribution in [0.2, 0.25) is 0 Å². The zero-order chi connectivity index (χ0) is 15.3. The Labute approximate surface area is 132 Å². The predicted molar refractivity (Wildman–Crippen MR) is 93.7 cm³/mol. The molecule has 2 N–H and O–H groups in total. The topological polar surface area (TPSA) is 45.7 Å². The molecule has 0 saturated carbocycles. The maximum atomic E-state index is 5.74. The molecule has 0 radical (unpaired) electrons. The number of hydrogen-bond acceptors (Lipinski definition) is 3. The third-order valence-corrected chi connectivity index (χ3v) is 3.73. The van der Waals surface area contributed by atoms with Gasteiger partial charge in [-0.05, 0) is 43.4 Å². The fourth-order valence-electron chi connectivity index (χ4n) is 1.85. The van der Waals surface area contributed by atoms with Gasteiger partial charge in [-0.1, -0.05) is 18.2 Å². The SMILES string of the molecule is CN=C(NCCCCSC)NCCOc1ccccc1C. The van der Waals surface area contributed by atoms with Gasteiger partial charge in [0.05, 0.1) is 6.54 Å². The van der Waals surface area contributed by atoms with Gasteiger partial charge in [-0.2, -0.15) is 11.8 Å². The van der Waals surface area contributed by atoms with E-state index in [-0.39, 0.29) is 0 Å². The van der Waals surface area contributed by atoms with Gasteiger partial charge in [-0.25, -0.2) is 0 Å². The molecule has 0 heterocycles. The number of nitrogens with zero attached hydrogens (tertiary/aromatic N) is 1. The van der Waals surface area contributed by atoms with Crippen molar-refractivity contribution in [3.63, 3.8) is 0 Å². The maximum absolute atomic E-state index is 5.74. The van der Waals surface area contributed by atoms with Crippen LogP contribution in [0.4, 0.5) is 0 Å². The fraction of sp³-hybridized carbons (Fsp3) is 0.562. The van der Waals surface area contributed by atoms with Gasteiger partial charge in [-0.3, -0.25) is 4.99 Å². The summed E-state index contributed by atoms with van der Waals surface area (Å²) in [5.41, 5.74) is 1.16. The number of nitrogens with one attached hydrogen (secondary N) is 2. The Bertz CT molecular complexity index is 424. The van der Waals surface area contributed by atoms with Crippen LogP contribution in [0.15, 0.2) is 29.3 Å². The predicted octanol–water partition coefficient (Wildman–Crippen LogP) is 2.68. The molecule has 1 aromatic carbocycles. The largest absolute Gasteiger partial charge is 0.491 e. The number of unbranched alkanes of at least 4 members (excludes halogenated alkanes) is 1. The van der Waals surface area contributed by atoms with Crippen molar-refractivity contribution >= 4 is 17.7 Å². The summed E-state index contributed by atoms with van der Waals surface area (Å²) in [6, 6.07) is 8.06. The van der Waals surface area contributed by atoms with E-state index in [0.717, 1.165) is 30.4 Å². The van der Waals surface area contributed by atoms with E-state index >= 15 is 0 Å². The molecule has 0 atom stereocenters. The van der Waals surface area contributed by atoms with Crippen molar-refractivity contribution in [2.75, 3.05) is 38.8 Å². The number of rotatable bonds is 9. The summed E-state index contributed by atoms with van der Waals surface area (Å²) in [5, 5.41) is 6.57. The summed E-state index contributed by atoms with van der Waals surface area (Å²) in [6.45, 7) is 4.37. The van der Waals surface area contributed by atoms with Crippen molar-refractivity contribution in [1.82, 2.24) is 10.6 Å². The molecule has 0 aliphatic carbocycles. The van der Waals surface area contributed by atoms with E-state index in [1.54, 1.807) is 7.05 Å². The molecule has 5 heteroatoms. The van der Waals surface area contributed by atoms with Crippen molar-refractivity contribution in [1.29, 1.82) is 0 Å². The van der Waals surface area contributed by atoms with Gasteiger partial charge < -0.3 is 15.4 Å². The molecule has 0 aliphatic rings. The van der Waals surface area contributed by atoms with Crippen molar-refractivity contribution in [3.8, 4) is 5.75 Å².